The van der Waals surface area contributed by atoms with E-state index in [1.165, 1.54) is 9.13 Å². The van der Waals surface area contributed by atoms with E-state index < -0.39 is 0 Å². The summed E-state index contributed by atoms with van der Waals surface area (Å²) in [7, 11) is 0. The molecule has 0 aliphatic rings. The van der Waals surface area contributed by atoms with E-state index in [-0.39, 0.29) is 6.04 Å². The highest BCUT2D eigenvalue weighted by Crippen LogP contribution is 2.30. The van der Waals surface area contributed by atoms with Crippen molar-refractivity contribution in [2.45, 2.75) is 19.4 Å². The lowest BCUT2D eigenvalue weighted by Crippen LogP contribution is -2.24. The van der Waals surface area contributed by atoms with Crippen molar-refractivity contribution in [2.24, 2.45) is 0 Å². The molecule has 0 spiro atoms. The molecule has 1 unspecified atom stereocenters. The van der Waals surface area contributed by atoms with Crippen LogP contribution in [-0.2, 0) is 6.42 Å². The van der Waals surface area contributed by atoms with Gasteiger partial charge in [0, 0.05) is 19.7 Å². The summed E-state index contributed by atoms with van der Waals surface area (Å²) < 4.78 is 1.25. The van der Waals surface area contributed by atoms with Gasteiger partial charge in [-0.15, -0.1) is 0 Å². The third kappa shape index (κ3) is 3.88. The minimum Gasteiger partial charge on any atom is -0.310 e. The molecule has 0 bridgehead atoms. The van der Waals surface area contributed by atoms with E-state index in [0.29, 0.717) is 0 Å². The van der Waals surface area contributed by atoms with Gasteiger partial charge in [-0.1, -0.05) is 54.4 Å². The zero-order valence-electron chi connectivity index (χ0n) is 11.2. The van der Waals surface area contributed by atoms with Crippen molar-refractivity contribution >= 4 is 45.8 Å². The van der Waals surface area contributed by atoms with Crippen LogP contribution in [0.2, 0.25) is 10.0 Å². The summed E-state index contributed by atoms with van der Waals surface area (Å²) in [5, 5.41) is 4.98. The number of rotatable bonds is 5. The molecule has 0 fully saturated rings. The molecule has 0 saturated heterocycles. The van der Waals surface area contributed by atoms with Crippen molar-refractivity contribution in [1.29, 1.82) is 0 Å². The van der Waals surface area contributed by atoms with Crippen LogP contribution in [0.4, 0.5) is 0 Å². The van der Waals surface area contributed by atoms with Crippen molar-refractivity contribution in [3.05, 3.63) is 67.2 Å². The van der Waals surface area contributed by atoms with E-state index in [4.69, 9.17) is 23.2 Å². The van der Waals surface area contributed by atoms with Gasteiger partial charge in [-0.3, -0.25) is 0 Å². The molecule has 2 aromatic carbocycles. The lowest BCUT2D eigenvalue weighted by atomic mass is 9.98. The molecule has 1 nitrogen and oxygen atoms in total. The average Bonchev–Trinajstić information content (AvgIpc) is 2.43. The van der Waals surface area contributed by atoms with Crippen LogP contribution in [-0.4, -0.2) is 6.54 Å². The molecule has 1 atom stereocenters. The van der Waals surface area contributed by atoms with Crippen molar-refractivity contribution in [3.8, 4) is 0 Å². The van der Waals surface area contributed by atoms with Gasteiger partial charge in [-0.25, -0.2) is 0 Å². The number of halogens is 3. The smallest absolute Gasteiger partial charge is 0.0453 e. The van der Waals surface area contributed by atoms with Crippen molar-refractivity contribution in [2.75, 3.05) is 6.54 Å². The predicted molar refractivity (Wildman–Crippen MR) is 95.7 cm³/mol. The second-order valence-electron chi connectivity index (χ2n) is 4.54. The fraction of sp³-hybridized carbons (Fsp3) is 0.250. The molecule has 0 aliphatic heterocycles. The third-order valence-corrected chi connectivity index (χ3v) is 4.89. The van der Waals surface area contributed by atoms with Gasteiger partial charge in [-0.2, -0.15) is 0 Å². The Morgan fingerprint density at radius 3 is 2.30 bits per heavy atom. The van der Waals surface area contributed by atoms with E-state index >= 15 is 0 Å². The van der Waals surface area contributed by atoms with Gasteiger partial charge in [0.05, 0.1) is 0 Å². The lowest BCUT2D eigenvalue weighted by Gasteiger charge is -2.21. The molecule has 0 amide bonds. The molecule has 2 rings (SSSR count). The zero-order chi connectivity index (χ0) is 14.5. The Bertz CT molecular complexity index is 566. The topological polar surface area (TPSA) is 12.0 Å². The highest BCUT2D eigenvalue weighted by molar-refractivity contribution is 14.1. The fourth-order valence-corrected chi connectivity index (χ4v) is 3.54. The first-order chi connectivity index (χ1) is 9.63. The highest BCUT2D eigenvalue weighted by atomic mass is 127. The van der Waals surface area contributed by atoms with Crippen LogP contribution in [0.15, 0.2) is 42.5 Å². The fourth-order valence-electron chi connectivity index (χ4n) is 2.23. The molecular formula is C16H16Cl2IN. The van der Waals surface area contributed by atoms with Crippen molar-refractivity contribution < 1.29 is 0 Å². The Morgan fingerprint density at radius 2 is 1.70 bits per heavy atom. The minimum atomic E-state index is 0.213. The Morgan fingerprint density at radius 1 is 1.05 bits per heavy atom. The molecule has 1 N–H and O–H groups in total. The van der Waals surface area contributed by atoms with Crippen LogP contribution in [0.25, 0.3) is 0 Å². The van der Waals surface area contributed by atoms with Crippen LogP contribution in [0.5, 0.6) is 0 Å². The standard InChI is InChI=1S/C16H16Cl2IN/c1-2-20-16(11-6-3-4-9-15(11)19)10-12-13(17)7-5-8-14(12)18/h3-9,16,20H,2,10H2,1H3. The lowest BCUT2D eigenvalue weighted by molar-refractivity contribution is 0.548. The van der Waals surface area contributed by atoms with Gasteiger partial charge in [0.25, 0.3) is 0 Å². The predicted octanol–water partition coefficient (Wildman–Crippen LogP) is 5.49. The molecule has 0 aliphatic carbocycles. The minimum absolute atomic E-state index is 0.213. The van der Waals surface area contributed by atoms with E-state index in [9.17, 15) is 0 Å². The van der Waals surface area contributed by atoms with E-state index in [1.807, 2.05) is 18.2 Å². The van der Waals surface area contributed by atoms with Crippen LogP contribution in [0.3, 0.4) is 0 Å². The quantitative estimate of drug-likeness (QED) is 0.631. The maximum absolute atomic E-state index is 6.29. The largest absolute Gasteiger partial charge is 0.310 e. The number of nitrogens with one attached hydrogen (secondary N) is 1. The molecule has 0 aromatic heterocycles. The van der Waals surface area contributed by atoms with Gasteiger partial charge in [-0.05, 0) is 64.9 Å². The van der Waals surface area contributed by atoms with E-state index in [1.54, 1.807) is 0 Å². The maximum Gasteiger partial charge on any atom is 0.0453 e. The van der Waals surface area contributed by atoms with E-state index in [2.05, 4.69) is 59.1 Å². The third-order valence-electron chi connectivity index (χ3n) is 3.20. The first-order valence-electron chi connectivity index (χ1n) is 6.54. The van der Waals surface area contributed by atoms with Gasteiger partial charge in [0.15, 0.2) is 0 Å². The van der Waals surface area contributed by atoms with Crippen LogP contribution >= 0.6 is 45.8 Å². The van der Waals surface area contributed by atoms with Gasteiger partial charge in [0.1, 0.15) is 0 Å². The summed E-state index contributed by atoms with van der Waals surface area (Å²) in [6, 6.07) is 14.3. The number of hydrogen-bond donors (Lipinski definition) is 1. The Balaban J connectivity index is 2.33. The second kappa shape index (κ2) is 7.64. The van der Waals surface area contributed by atoms with Crippen LogP contribution in [0.1, 0.15) is 24.1 Å². The van der Waals surface area contributed by atoms with Gasteiger partial charge < -0.3 is 5.32 Å². The molecular weight excluding hydrogens is 404 g/mol. The van der Waals surface area contributed by atoms with Gasteiger partial charge >= 0.3 is 0 Å². The monoisotopic (exact) mass is 419 g/mol. The zero-order valence-corrected chi connectivity index (χ0v) is 14.8. The van der Waals surface area contributed by atoms with E-state index in [0.717, 1.165) is 28.6 Å². The molecule has 0 radical (unpaired) electrons. The summed E-state index contributed by atoms with van der Waals surface area (Å²) in [5.74, 6) is 0. The first kappa shape index (κ1) is 16.1. The summed E-state index contributed by atoms with van der Waals surface area (Å²) >= 11 is 14.9. The molecule has 0 heterocycles. The molecule has 0 saturated carbocycles. The Kier molecular flexibility index (Phi) is 6.15. The molecule has 2 aromatic rings. The van der Waals surface area contributed by atoms with Gasteiger partial charge in [0.2, 0.25) is 0 Å². The molecule has 20 heavy (non-hydrogen) atoms. The van der Waals surface area contributed by atoms with Crippen LogP contribution < -0.4 is 5.32 Å². The summed E-state index contributed by atoms with van der Waals surface area (Å²) in [5.41, 5.74) is 2.28. The number of benzene rings is 2. The summed E-state index contributed by atoms with van der Waals surface area (Å²) in [4.78, 5) is 0. The highest BCUT2D eigenvalue weighted by Gasteiger charge is 2.17. The van der Waals surface area contributed by atoms with Crippen molar-refractivity contribution in [1.82, 2.24) is 5.32 Å². The molecule has 4 heteroatoms. The Hall–Kier alpha value is -0.290. The SMILES string of the molecule is CCNC(Cc1c(Cl)cccc1Cl)c1ccccc1I. The maximum atomic E-state index is 6.29. The summed E-state index contributed by atoms with van der Waals surface area (Å²) in [6.45, 7) is 3.01. The average molecular weight is 420 g/mol. The van der Waals surface area contributed by atoms with Crippen molar-refractivity contribution in [3.63, 3.8) is 0 Å². The summed E-state index contributed by atoms with van der Waals surface area (Å²) in [6.07, 6.45) is 0.784. The normalized spacial score (nSPS) is 12.4. The first-order valence-corrected chi connectivity index (χ1v) is 8.37. The second-order valence-corrected chi connectivity index (χ2v) is 6.51. The van der Waals surface area contributed by atoms with Crippen LogP contribution in [0, 0.1) is 3.57 Å². The number of hydrogen-bond acceptors (Lipinski definition) is 1. The number of likely N-dealkylation sites (N-methyl/N-ethyl adjacent to an activating group) is 1. The Labute approximate surface area is 143 Å². The molecule has 106 valence electrons.